The lowest BCUT2D eigenvalue weighted by Gasteiger charge is -2.23. The summed E-state index contributed by atoms with van der Waals surface area (Å²) in [4.78, 5) is 15.6. The fourth-order valence-corrected chi connectivity index (χ4v) is 5.40. The van der Waals surface area contributed by atoms with E-state index in [0.29, 0.717) is 23.2 Å². The van der Waals surface area contributed by atoms with Crippen molar-refractivity contribution in [1.82, 2.24) is 4.90 Å². The quantitative estimate of drug-likeness (QED) is 0.544. The number of aryl methyl sites for hydroxylation is 1. The zero-order valence-corrected chi connectivity index (χ0v) is 17.9. The molecule has 0 spiro atoms. The Labute approximate surface area is 177 Å². The number of hydrogen-bond donors (Lipinski definition) is 0. The fraction of sp³-hybridized carbons (Fsp3) is 0.320. The van der Waals surface area contributed by atoms with Crippen LogP contribution in [0.1, 0.15) is 40.1 Å². The number of ether oxygens (including phenoxy) is 1. The molecule has 3 nitrogen and oxygen atoms in total. The lowest BCUT2D eigenvalue weighted by atomic mass is 10.0. The summed E-state index contributed by atoms with van der Waals surface area (Å²) in [6.45, 7) is 6.21. The molecule has 1 fully saturated rings. The van der Waals surface area contributed by atoms with Crippen molar-refractivity contribution in [3.63, 3.8) is 0 Å². The number of fused-ring (bicyclic) bond motifs is 1. The van der Waals surface area contributed by atoms with Gasteiger partial charge in [-0.25, -0.2) is 0 Å². The van der Waals surface area contributed by atoms with Gasteiger partial charge in [0.15, 0.2) is 0 Å². The Hall–Kier alpha value is -2.46. The van der Waals surface area contributed by atoms with Crippen LogP contribution in [0.2, 0.25) is 0 Å². The molecule has 4 rings (SSSR count). The first-order valence-electron chi connectivity index (χ1n) is 10.3. The predicted molar refractivity (Wildman–Crippen MR) is 122 cm³/mol. The molecule has 0 aromatic heterocycles. The highest BCUT2D eigenvalue weighted by Gasteiger charge is 2.26. The van der Waals surface area contributed by atoms with Crippen LogP contribution in [0.15, 0.2) is 60.7 Å². The zero-order chi connectivity index (χ0) is 20.2. The van der Waals surface area contributed by atoms with Gasteiger partial charge >= 0.3 is 0 Å². The van der Waals surface area contributed by atoms with E-state index in [4.69, 9.17) is 4.74 Å². The molecule has 0 N–H and O–H groups in total. The van der Waals surface area contributed by atoms with Gasteiger partial charge in [0.05, 0.1) is 12.2 Å². The molecule has 1 atom stereocenters. The number of carbonyl (C=O) groups excluding carboxylic acids is 1. The van der Waals surface area contributed by atoms with Crippen molar-refractivity contribution in [2.75, 3.05) is 25.4 Å². The topological polar surface area (TPSA) is 29.5 Å². The van der Waals surface area contributed by atoms with Crippen LogP contribution in [0.5, 0.6) is 5.75 Å². The Morgan fingerprint density at radius 2 is 1.86 bits per heavy atom. The highest BCUT2D eigenvalue weighted by Crippen LogP contribution is 2.37. The van der Waals surface area contributed by atoms with Gasteiger partial charge in [-0.3, -0.25) is 4.79 Å². The molecule has 0 bridgehead atoms. The molecule has 1 aliphatic heterocycles. The second kappa shape index (κ2) is 8.91. The molecule has 1 heterocycles. The van der Waals surface area contributed by atoms with E-state index in [2.05, 4.69) is 31.2 Å². The van der Waals surface area contributed by atoms with E-state index >= 15 is 0 Å². The Bertz CT molecular complexity index is 1020. The van der Waals surface area contributed by atoms with Crippen molar-refractivity contribution in [1.29, 1.82) is 0 Å². The van der Waals surface area contributed by atoms with E-state index in [-0.39, 0.29) is 5.91 Å². The third-order valence-electron chi connectivity index (χ3n) is 5.57. The number of hydrogen-bond acceptors (Lipinski definition) is 3. The van der Waals surface area contributed by atoms with Crippen molar-refractivity contribution in [2.24, 2.45) is 0 Å². The van der Waals surface area contributed by atoms with Crippen LogP contribution in [0, 0.1) is 6.92 Å². The van der Waals surface area contributed by atoms with Gasteiger partial charge in [0.25, 0.3) is 5.91 Å². The van der Waals surface area contributed by atoms with Crippen LogP contribution in [-0.4, -0.2) is 36.3 Å². The highest BCUT2D eigenvalue weighted by atomic mass is 32.2. The van der Waals surface area contributed by atoms with Gasteiger partial charge in [0.2, 0.25) is 0 Å². The summed E-state index contributed by atoms with van der Waals surface area (Å²) >= 11 is 1.96. The van der Waals surface area contributed by atoms with Gasteiger partial charge in [-0.05, 0) is 48.2 Å². The Kier molecular flexibility index (Phi) is 6.10. The lowest BCUT2D eigenvalue weighted by Crippen LogP contribution is -2.33. The molecule has 29 heavy (non-hydrogen) atoms. The van der Waals surface area contributed by atoms with Crippen LogP contribution in [0.4, 0.5) is 0 Å². The minimum atomic E-state index is 0.0799. The van der Waals surface area contributed by atoms with Gasteiger partial charge in [0, 0.05) is 24.1 Å². The van der Waals surface area contributed by atoms with Crippen molar-refractivity contribution < 1.29 is 9.53 Å². The zero-order valence-electron chi connectivity index (χ0n) is 17.1. The maximum Gasteiger partial charge on any atom is 0.258 e. The van der Waals surface area contributed by atoms with E-state index in [0.717, 1.165) is 36.0 Å². The molecule has 1 saturated heterocycles. The summed E-state index contributed by atoms with van der Waals surface area (Å²) in [5.74, 6) is 1.71. The second-order valence-corrected chi connectivity index (χ2v) is 8.70. The third kappa shape index (κ3) is 4.13. The third-order valence-corrected chi connectivity index (χ3v) is 6.88. The van der Waals surface area contributed by atoms with E-state index < -0.39 is 0 Å². The van der Waals surface area contributed by atoms with Gasteiger partial charge in [-0.15, -0.1) is 0 Å². The number of thioether (sulfide) groups is 1. The van der Waals surface area contributed by atoms with Crippen LogP contribution in [-0.2, 0) is 0 Å². The Morgan fingerprint density at radius 1 is 1.07 bits per heavy atom. The summed E-state index contributed by atoms with van der Waals surface area (Å²) in [7, 11) is 0. The second-order valence-electron chi connectivity index (χ2n) is 7.39. The molecule has 0 aliphatic carbocycles. The maximum atomic E-state index is 13.6. The molecule has 1 aliphatic rings. The molecule has 3 aromatic rings. The summed E-state index contributed by atoms with van der Waals surface area (Å²) in [6.07, 6.45) is 0.968. The first-order chi connectivity index (χ1) is 14.2. The van der Waals surface area contributed by atoms with Crippen LogP contribution < -0.4 is 4.74 Å². The van der Waals surface area contributed by atoms with Crippen molar-refractivity contribution in [2.45, 2.75) is 25.5 Å². The van der Waals surface area contributed by atoms with Crippen molar-refractivity contribution in [3.05, 3.63) is 77.4 Å². The van der Waals surface area contributed by atoms with E-state index in [1.165, 1.54) is 11.1 Å². The SMILES string of the molecule is CCOc1ccc2ccccc2c1C(=O)N1CCSC(c2ccccc2C)CC1. The standard InChI is InChI=1S/C25H27NO2S/c1-3-28-22-13-12-19-9-5-7-11-21(19)24(22)25(27)26-15-14-23(29-17-16-26)20-10-6-4-8-18(20)2/h4-13,23H,3,14-17H2,1-2H3. The monoisotopic (exact) mass is 405 g/mol. The van der Waals surface area contributed by atoms with Gasteiger partial charge in [-0.2, -0.15) is 11.8 Å². The number of amides is 1. The average molecular weight is 406 g/mol. The van der Waals surface area contributed by atoms with E-state index in [9.17, 15) is 4.79 Å². The van der Waals surface area contributed by atoms with Crippen LogP contribution in [0.25, 0.3) is 10.8 Å². The number of benzene rings is 3. The maximum absolute atomic E-state index is 13.6. The molecule has 0 saturated carbocycles. The molecule has 1 amide bonds. The molecular formula is C25H27NO2S. The molecule has 1 unspecified atom stereocenters. The Morgan fingerprint density at radius 3 is 2.69 bits per heavy atom. The smallest absolute Gasteiger partial charge is 0.258 e. The molecule has 0 radical (unpaired) electrons. The first kappa shape index (κ1) is 19.8. The van der Waals surface area contributed by atoms with E-state index in [1.54, 1.807) is 0 Å². The molecule has 4 heteroatoms. The molecule has 3 aromatic carbocycles. The summed E-state index contributed by atoms with van der Waals surface area (Å²) in [5, 5.41) is 2.48. The summed E-state index contributed by atoms with van der Waals surface area (Å²) in [5.41, 5.74) is 3.42. The van der Waals surface area contributed by atoms with Crippen LogP contribution >= 0.6 is 11.8 Å². The first-order valence-corrected chi connectivity index (χ1v) is 11.3. The van der Waals surface area contributed by atoms with Crippen LogP contribution in [0.3, 0.4) is 0 Å². The van der Waals surface area contributed by atoms with E-state index in [1.807, 2.05) is 60.0 Å². The normalized spacial score (nSPS) is 17.2. The minimum Gasteiger partial charge on any atom is -0.493 e. The number of nitrogens with zero attached hydrogens (tertiary/aromatic N) is 1. The van der Waals surface area contributed by atoms with Gasteiger partial charge in [-0.1, -0.05) is 54.6 Å². The van der Waals surface area contributed by atoms with Crippen molar-refractivity contribution in [3.8, 4) is 5.75 Å². The fourth-order valence-electron chi connectivity index (χ4n) is 4.08. The lowest BCUT2D eigenvalue weighted by molar-refractivity contribution is 0.0764. The molecule has 150 valence electrons. The minimum absolute atomic E-state index is 0.0799. The van der Waals surface area contributed by atoms with Gasteiger partial charge in [0.1, 0.15) is 5.75 Å². The predicted octanol–water partition coefficient (Wildman–Crippen LogP) is 5.87. The summed E-state index contributed by atoms with van der Waals surface area (Å²) in [6, 6.07) is 20.6. The molecular weight excluding hydrogens is 378 g/mol. The average Bonchev–Trinajstić information content (AvgIpc) is 3.00. The van der Waals surface area contributed by atoms with Crippen molar-refractivity contribution >= 4 is 28.4 Å². The summed E-state index contributed by atoms with van der Waals surface area (Å²) < 4.78 is 5.84. The Balaban J connectivity index is 1.62. The van der Waals surface area contributed by atoms with Gasteiger partial charge < -0.3 is 9.64 Å². The number of rotatable bonds is 4. The number of carbonyl (C=O) groups is 1. The highest BCUT2D eigenvalue weighted by molar-refractivity contribution is 7.99. The largest absolute Gasteiger partial charge is 0.493 e.